The second-order valence-corrected chi connectivity index (χ2v) is 7.49. The molecule has 6 nitrogen and oxygen atoms in total. The molecule has 3 rings (SSSR count). The summed E-state index contributed by atoms with van der Waals surface area (Å²) in [5.74, 6) is 0.320. The summed E-state index contributed by atoms with van der Waals surface area (Å²) >= 11 is 0. The highest BCUT2D eigenvalue weighted by Gasteiger charge is 2.43. The molecule has 26 heavy (non-hydrogen) atoms. The van der Waals surface area contributed by atoms with Gasteiger partial charge >= 0.3 is 0 Å². The first kappa shape index (κ1) is 18.8. The number of carbonyl (C=O) groups excluding carboxylic acids is 2. The molecule has 0 aromatic carbocycles. The molecule has 2 amide bonds. The SMILES string of the molecule is CCc1cc(C(=O)N2CCN(C)C3(CCC(=O)N(CC)CC3)C2)ccn1. The number of amides is 2. The first-order valence-corrected chi connectivity index (χ1v) is 9.72. The van der Waals surface area contributed by atoms with E-state index in [1.807, 2.05) is 35.8 Å². The van der Waals surface area contributed by atoms with Crippen LogP contribution in [0.3, 0.4) is 0 Å². The molecule has 0 bridgehead atoms. The first-order chi connectivity index (χ1) is 12.5. The highest BCUT2D eigenvalue weighted by molar-refractivity contribution is 5.94. The third-order valence-electron chi connectivity index (χ3n) is 6.10. The van der Waals surface area contributed by atoms with Crippen molar-refractivity contribution in [2.75, 3.05) is 39.8 Å². The molecule has 0 radical (unpaired) electrons. The van der Waals surface area contributed by atoms with Gasteiger partial charge in [0.15, 0.2) is 0 Å². The zero-order valence-corrected chi connectivity index (χ0v) is 16.2. The van der Waals surface area contributed by atoms with Crippen LogP contribution in [0.2, 0.25) is 0 Å². The number of carbonyl (C=O) groups is 2. The number of aryl methyl sites for hydroxylation is 1. The van der Waals surface area contributed by atoms with E-state index in [1.165, 1.54) is 0 Å². The molecule has 1 aromatic rings. The summed E-state index contributed by atoms with van der Waals surface area (Å²) in [5.41, 5.74) is 1.56. The molecule has 1 spiro atoms. The van der Waals surface area contributed by atoms with Crippen molar-refractivity contribution in [2.24, 2.45) is 0 Å². The average Bonchev–Trinajstić information content (AvgIpc) is 2.83. The van der Waals surface area contributed by atoms with Crippen LogP contribution in [-0.4, -0.2) is 76.8 Å². The first-order valence-electron chi connectivity index (χ1n) is 9.72. The Bertz CT molecular complexity index is 678. The Labute approximate surface area is 156 Å². The predicted molar refractivity (Wildman–Crippen MR) is 101 cm³/mol. The van der Waals surface area contributed by atoms with Gasteiger partial charge < -0.3 is 9.80 Å². The van der Waals surface area contributed by atoms with Crippen LogP contribution < -0.4 is 0 Å². The van der Waals surface area contributed by atoms with Gasteiger partial charge in [0.2, 0.25) is 5.91 Å². The van der Waals surface area contributed by atoms with Crippen LogP contribution >= 0.6 is 0 Å². The molecule has 1 atom stereocenters. The fourth-order valence-electron chi connectivity index (χ4n) is 4.19. The van der Waals surface area contributed by atoms with E-state index in [2.05, 4.69) is 16.9 Å². The Morgan fingerprint density at radius 3 is 2.77 bits per heavy atom. The van der Waals surface area contributed by atoms with Crippen LogP contribution in [0.25, 0.3) is 0 Å². The summed E-state index contributed by atoms with van der Waals surface area (Å²) in [6.45, 7) is 7.88. The summed E-state index contributed by atoms with van der Waals surface area (Å²) in [6.07, 6.45) is 4.85. The Morgan fingerprint density at radius 1 is 1.23 bits per heavy atom. The van der Waals surface area contributed by atoms with Gasteiger partial charge in [-0.3, -0.25) is 19.5 Å². The highest BCUT2D eigenvalue weighted by atomic mass is 16.2. The lowest BCUT2D eigenvalue weighted by atomic mass is 9.86. The molecule has 6 heteroatoms. The van der Waals surface area contributed by atoms with Crippen molar-refractivity contribution in [3.8, 4) is 0 Å². The Balaban J connectivity index is 1.79. The van der Waals surface area contributed by atoms with Crippen molar-refractivity contribution in [1.29, 1.82) is 0 Å². The molecule has 0 saturated carbocycles. The molecule has 2 aliphatic rings. The number of likely N-dealkylation sites (N-methyl/N-ethyl adjacent to an activating group) is 1. The van der Waals surface area contributed by atoms with Gasteiger partial charge in [0.05, 0.1) is 0 Å². The van der Waals surface area contributed by atoms with E-state index in [1.54, 1.807) is 6.20 Å². The molecule has 1 aromatic heterocycles. The smallest absolute Gasteiger partial charge is 0.254 e. The van der Waals surface area contributed by atoms with Gasteiger partial charge in [0.1, 0.15) is 0 Å². The Morgan fingerprint density at radius 2 is 2.04 bits per heavy atom. The molecule has 0 N–H and O–H groups in total. The Kier molecular flexibility index (Phi) is 5.61. The number of hydrogen-bond acceptors (Lipinski definition) is 4. The number of rotatable bonds is 3. The molecular formula is C20H30N4O2. The Hall–Kier alpha value is -1.95. The normalized spacial score (nSPS) is 24.8. The number of nitrogens with zero attached hydrogens (tertiary/aromatic N) is 4. The molecule has 2 fully saturated rings. The van der Waals surface area contributed by atoms with E-state index in [9.17, 15) is 9.59 Å². The van der Waals surface area contributed by atoms with Crippen molar-refractivity contribution in [2.45, 2.75) is 45.1 Å². The highest BCUT2D eigenvalue weighted by Crippen LogP contribution is 2.32. The molecule has 3 heterocycles. The van der Waals surface area contributed by atoms with Crippen molar-refractivity contribution in [3.63, 3.8) is 0 Å². The lowest BCUT2D eigenvalue weighted by Gasteiger charge is -2.49. The van der Waals surface area contributed by atoms with Gasteiger partial charge in [-0.25, -0.2) is 0 Å². The number of piperazine rings is 1. The summed E-state index contributed by atoms with van der Waals surface area (Å²) in [6, 6.07) is 3.71. The maximum absolute atomic E-state index is 13.1. The maximum Gasteiger partial charge on any atom is 0.254 e. The van der Waals surface area contributed by atoms with Crippen molar-refractivity contribution in [1.82, 2.24) is 19.7 Å². The van der Waals surface area contributed by atoms with E-state index in [4.69, 9.17) is 0 Å². The molecule has 2 saturated heterocycles. The zero-order chi connectivity index (χ0) is 18.7. The summed E-state index contributed by atoms with van der Waals surface area (Å²) in [4.78, 5) is 36.0. The minimum Gasteiger partial charge on any atom is -0.343 e. The van der Waals surface area contributed by atoms with Crippen LogP contribution in [0, 0.1) is 0 Å². The van der Waals surface area contributed by atoms with Gasteiger partial charge in [-0.05, 0) is 45.4 Å². The van der Waals surface area contributed by atoms with Crippen LogP contribution in [-0.2, 0) is 11.2 Å². The quantitative estimate of drug-likeness (QED) is 0.827. The van der Waals surface area contributed by atoms with E-state index < -0.39 is 0 Å². The van der Waals surface area contributed by atoms with Gasteiger partial charge in [0, 0.05) is 62.1 Å². The lowest BCUT2D eigenvalue weighted by Crippen LogP contribution is -2.62. The van der Waals surface area contributed by atoms with Gasteiger partial charge in [-0.1, -0.05) is 6.92 Å². The van der Waals surface area contributed by atoms with Crippen molar-refractivity contribution in [3.05, 3.63) is 29.6 Å². The third kappa shape index (κ3) is 3.61. The molecular weight excluding hydrogens is 328 g/mol. The lowest BCUT2D eigenvalue weighted by molar-refractivity contribution is -0.130. The number of hydrogen-bond donors (Lipinski definition) is 0. The van der Waals surface area contributed by atoms with Crippen LogP contribution in [0.4, 0.5) is 0 Å². The monoisotopic (exact) mass is 358 g/mol. The minimum atomic E-state index is -0.103. The largest absolute Gasteiger partial charge is 0.343 e. The van der Waals surface area contributed by atoms with Crippen molar-refractivity contribution < 1.29 is 9.59 Å². The fourth-order valence-corrected chi connectivity index (χ4v) is 4.19. The zero-order valence-electron chi connectivity index (χ0n) is 16.2. The number of aromatic nitrogens is 1. The van der Waals surface area contributed by atoms with Crippen LogP contribution in [0.5, 0.6) is 0 Å². The average molecular weight is 358 g/mol. The van der Waals surface area contributed by atoms with E-state index >= 15 is 0 Å². The summed E-state index contributed by atoms with van der Waals surface area (Å²) in [7, 11) is 2.13. The van der Waals surface area contributed by atoms with Crippen molar-refractivity contribution >= 4 is 11.8 Å². The minimum absolute atomic E-state index is 0.0810. The second-order valence-electron chi connectivity index (χ2n) is 7.49. The molecule has 0 aliphatic carbocycles. The van der Waals surface area contributed by atoms with Crippen LogP contribution in [0.15, 0.2) is 18.3 Å². The number of likely N-dealkylation sites (tertiary alicyclic amines) is 1. The molecule has 142 valence electrons. The van der Waals surface area contributed by atoms with E-state index in [0.29, 0.717) is 13.0 Å². The summed E-state index contributed by atoms with van der Waals surface area (Å²) in [5, 5.41) is 0. The van der Waals surface area contributed by atoms with Gasteiger partial charge in [-0.15, -0.1) is 0 Å². The standard InChI is InChI=1S/C20H30N4O2/c1-4-17-14-16(7-10-21-17)19(26)24-13-12-22(3)20(15-24)8-6-18(25)23(5-2)11-9-20/h7,10,14H,4-6,8-9,11-13,15H2,1-3H3. The fraction of sp³-hybridized carbons (Fsp3) is 0.650. The molecule has 2 aliphatic heterocycles. The number of pyridine rings is 1. The van der Waals surface area contributed by atoms with Crippen LogP contribution in [0.1, 0.15) is 49.2 Å². The van der Waals surface area contributed by atoms with E-state index in [-0.39, 0.29) is 17.4 Å². The topological polar surface area (TPSA) is 56.8 Å². The van der Waals surface area contributed by atoms with E-state index in [0.717, 1.165) is 56.7 Å². The maximum atomic E-state index is 13.1. The predicted octanol–water partition coefficient (Wildman–Crippen LogP) is 1.80. The van der Waals surface area contributed by atoms with Gasteiger partial charge in [-0.2, -0.15) is 0 Å². The second kappa shape index (κ2) is 7.74. The molecule has 1 unspecified atom stereocenters. The van der Waals surface area contributed by atoms with Gasteiger partial charge in [0.25, 0.3) is 5.91 Å². The summed E-state index contributed by atoms with van der Waals surface area (Å²) < 4.78 is 0. The third-order valence-corrected chi connectivity index (χ3v) is 6.10.